The van der Waals surface area contributed by atoms with Gasteiger partial charge in [0, 0.05) is 10.6 Å². The standard InChI is InChI=1S/C12H20S2/c1-5-6-13-9-11-7-10(8-14-11)12(2,3)4/h7-8H,5-6,9H2,1-4H3. The third-order valence-electron chi connectivity index (χ3n) is 2.11. The average molecular weight is 228 g/mol. The van der Waals surface area contributed by atoms with Crippen LogP contribution in [0.25, 0.3) is 0 Å². The van der Waals surface area contributed by atoms with E-state index in [1.165, 1.54) is 28.4 Å². The predicted molar refractivity (Wildman–Crippen MR) is 69.5 cm³/mol. The van der Waals surface area contributed by atoms with Crippen molar-refractivity contribution in [2.24, 2.45) is 0 Å². The summed E-state index contributed by atoms with van der Waals surface area (Å²) in [6.45, 7) is 9.07. The zero-order chi connectivity index (χ0) is 10.6. The van der Waals surface area contributed by atoms with Gasteiger partial charge >= 0.3 is 0 Å². The summed E-state index contributed by atoms with van der Waals surface area (Å²) in [6.07, 6.45) is 1.28. The Bertz CT molecular complexity index is 268. The molecule has 14 heavy (non-hydrogen) atoms. The highest BCUT2D eigenvalue weighted by molar-refractivity contribution is 7.98. The van der Waals surface area contributed by atoms with Gasteiger partial charge in [-0.2, -0.15) is 11.8 Å². The van der Waals surface area contributed by atoms with Gasteiger partial charge in [0.2, 0.25) is 0 Å². The molecule has 0 atom stereocenters. The van der Waals surface area contributed by atoms with Crippen LogP contribution in [-0.2, 0) is 11.2 Å². The fraction of sp³-hybridized carbons (Fsp3) is 0.667. The van der Waals surface area contributed by atoms with Crippen LogP contribution in [0.1, 0.15) is 44.6 Å². The number of rotatable bonds is 4. The van der Waals surface area contributed by atoms with Gasteiger partial charge in [0.15, 0.2) is 0 Å². The molecule has 0 bridgehead atoms. The van der Waals surface area contributed by atoms with Crippen LogP contribution >= 0.6 is 23.1 Å². The molecule has 0 amide bonds. The van der Waals surface area contributed by atoms with Crippen LogP contribution in [0, 0.1) is 0 Å². The first-order valence-corrected chi connectivity index (χ1v) is 7.23. The van der Waals surface area contributed by atoms with Gasteiger partial charge in [0.1, 0.15) is 0 Å². The lowest BCUT2D eigenvalue weighted by Gasteiger charge is -2.15. The van der Waals surface area contributed by atoms with Crippen LogP contribution in [-0.4, -0.2) is 5.75 Å². The van der Waals surface area contributed by atoms with E-state index in [0.717, 1.165) is 0 Å². The summed E-state index contributed by atoms with van der Waals surface area (Å²) in [5, 5.41) is 2.31. The van der Waals surface area contributed by atoms with E-state index in [4.69, 9.17) is 0 Å². The van der Waals surface area contributed by atoms with Gasteiger partial charge < -0.3 is 0 Å². The fourth-order valence-electron chi connectivity index (χ4n) is 1.17. The van der Waals surface area contributed by atoms with Crippen molar-refractivity contribution in [2.45, 2.75) is 45.3 Å². The molecule has 0 fully saturated rings. The van der Waals surface area contributed by atoms with Gasteiger partial charge in [-0.15, -0.1) is 11.3 Å². The Labute approximate surface area is 96.1 Å². The predicted octanol–water partition coefficient (Wildman–Crippen LogP) is 4.69. The van der Waals surface area contributed by atoms with E-state index >= 15 is 0 Å². The third-order valence-corrected chi connectivity index (χ3v) is 4.44. The lowest BCUT2D eigenvalue weighted by atomic mass is 9.89. The summed E-state index contributed by atoms with van der Waals surface area (Å²) >= 11 is 3.95. The maximum absolute atomic E-state index is 2.37. The van der Waals surface area contributed by atoms with Gasteiger partial charge in [-0.25, -0.2) is 0 Å². The monoisotopic (exact) mass is 228 g/mol. The average Bonchev–Trinajstić information content (AvgIpc) is 2.52. The molecule has 1 aromatic heterocycles. The first-order valence-electron chi connectivity index (χ1n) is 5.19. The smallest absolute Gasteiger partial charge is 0.0279 e. The van der Waals surface area contributed by atoms with Crippen LogP contribution in [0.3, 0.4) is 0 Å². The van der Waals surface area contributed by atoms with Crippen molar-refractivity contribution in [1.82, 2.24) is 0 Å². The summed E-state index contributed by atoms with van der Waals surface area (Å²) in [7, 11) is 0. The lowest BCUT2D eigenvalue weighted by Crippen LogP contribution is -2.08. The van der Waals surface area contributed by atoms with Crippen LogP contribution in [0.15, 0.2) is 11.4 Å². The van der Waals surface area contributed by atoms with E-state index in [-0.39, 0.29) is 0 Å². The summed E-state index contributed by atoms with van der Waals surface area (Å²) in [6, 6.07) is 2.37. The Hall–Kier alpha value is 0.0500. The zero-order valence-electron chi connectivity index (χ0n) is 9.59. The highest BCUT2D eigenvalue weighted by Crippen LogP contribution is 2.29. The molecule has 0 N–H and O–H groups in total. The second-order valence-electron chi connectivity index (χ2n) is 4.60. The summed E-state index contributed by atoms with van der Waals surface area (Å²) in [4.78, 5) is 1.52. The molecule has 0 aliphatic rings. The minimum Gasteiger partial charge on any atom is -0.156 e. The highest BCUT2D eigenvalue weighted by atomic mass is 32.2. The van der Waals surface area contributed by atoms with Crippen molar-refractivity contribution in [2.75, 3.05) is 5.75 Å². The minimum atomic E-state index is 0.310. The molecule has 0 nitrogen and oxygen atoms in total. The molecule has 0 unspecified atom stereocenters. The van der Waals surface area contributed by atoms with Crippen molar-refractivity contribution in [3.05, 3.63) is 21.9 Å². The molecular weight excluding hydrogens is 208 g/mol. The Morgan fingerprint density at radius 2 is 2.07 bits per heavy atom. The minimum absolute atomic E-state index is 0.310. The molecule has 0 aliphatic heterocycles. The van der Waals surface area contributed by atoms with E-state index in [0.29, 0.717) is 5.41 Å². The summed E-state index contributed by atoms with van der Waals surface area (Å²) < 4.78 is 0. The number of hydrogen-bond acceptors (Lipinski definition) is 2. The maximum atomic E-state index is 2.37. The highest BCUT2D eigenvalue weighted by Gasteiger charge is 2.15. The maximum Gasteiger partial charge on any atom is 0.0279 e. The molecule has 1 rings (SSSR count). The third kappa shape index (κ3) is 3.66. The van der Waals surface area contributed by atoms with Gasteiger partial charge in [0.05, 0.1) is 0 Å². The van der Waals surface area contributed by atoms with E-state index in [2.05, 4.69) is 39.1 Å². The lowest BCUT2D eigenvalue weighted by molar-refractivity contribution is 0.592. The largest absolute Gasteiger partial charge is 0.156 e. The van der Waals surface area contributed by atoms with Crippen LogP contribution in [0.5, 0.6) is 0 Å². The van der Waals surface area contributed by atoms with Crippen LogP contribution in [0.4, 0.5) is 0 Å². The normalized spacial score (nSPS) is 12.0. The van der Waals surface area contributed by atoms with Crippen molar-refractivity contribution in [3.63, 3.8) is 0 Å². The van der Waals surface area contributed by atoms with Crippen LogP contribution < -0.4 is 0 Å². The van der Waals surface area contributed by atoms with Gasteiger partial charge in [-0.05, 0) is 34.6 Å². The summed E-state index contributed by atoms with van der Waals surface area (Å²) in [5.74, 6) is 2.47. The SMILES string of the molecule is CCCSCc1cc(C(C)(C)C)cs1. The second-order valence-corrected chi connectivity index (χ2v) is 6.71. The Balaban J connectivity index is 2.51. The number of thiophene rings is 1. The first-order chi connectivity index (χ1) is 6.54. The molecule has 0 spiro atoms. The van der Waals surface area contributed by atoms with Crippen molar-refractivity contribution >= 4 is 23.1 Å². The zero-order valence-corrected chi connectivity index (χ0v) is 11.2. The molecule has 0 radical (unpaired) electrons. The fourth-order valence-corrected chi connectivity index (χ4v) is 3.30. The van der Waals surface area contributed by atoms with Crippen LogP contribution in [0.2, 0.25) is 0 Å². The van der Waals surface area contributed by atoms with E-state index < -0.39 is 0 Å². The van der Waals surface area contributed by atoms with Gasteiger partial charge in [-0.1, -0.05) is 27.7 Å². The van der Waals surface area contributed by atoms with Crippen molar-refractivity contribution in [3.8, 4) is 0 Å². The Morgan fingerprint density at radius 3 is 2.57 bits per heavy atom. The molecule has 0 saturated carbocycles. The molecule has 1 aromatic rings. The van der Waals surface area contributed by atoms with Crippen molar-refractivity contribution in [1.29, 1.82) is 0 Å². The molecule has 80 valence electrons. The topological polar surface area (TPSA) is 0 Å². The Kier molecular flexibility index (Phi) is 4.52. The molecule has 0 aliphatic carbocycles. The van der Waals surface area contributed by atoms with Gasteiger partial charge in [0.25, 0.3) is 0 Å². The van der Waals surface area contributed by atoms with E-state index in [9.17, 15) is 0 Å². The number of thioether (sulfide) groups is 1. The molecule has 0 aromatic carbocycles. The molecule has 2 heteroatoms. The molecule has 0 saturated heterocycles. The first kappa shape index (κ1) is 12.1. The molecule has 1 heterocycles. The Morgan fingerprint density at radius 1 is 1.36 bits per heavy atom. The van der Waals surface area contributed by atoms with Crippen molar-refractivity contribution < 1.29 is 0 Å². The number of hydrogen-bond donors (Lipinski definition) is 0. The molecular formula is C12H20S2. The van der Waals surface area contributed by atoms with E-state index in [1.54, 1.807) is 0 Å². The van der Waals surface area contributed by atoms with E-state index in [1.807, 2.05) is 23.1 Å². The quantitative estimate of drug-likeness (QED) is 0.674. The second kappa shape index (κ2) is 5.22. The summed E-state index contributed by atoms with van der Waals surface area (Å²) in [5.41, 5.74) is 1.79. The van der Waals surface area contributed by atoms with Gasteiger partial charge in [-0.3, -0.25) is 0 Å².